The van der Waals surface area contributed by atoms with E-state index in [0.29, 0.717) is 24.9 Å². The van der Waals surface area contributed by atoms with Crippen molar-refractivity contribution in [2.45, 2.75) is 51.2 Å². The first-order valence-electron chi connectivity index (χ1n) is 7.85. The molecule has 1 aliphatic rings. The maximum atomic E-state index is 12.1. The van der Waals surface area contributed by atoms with E-state index in [1.807, 2.05) is 0 Å². The Hall–Kier alpha value is -2.75. The molecule has 1 aromatic rings. The summed E-state index contributed by atoms with van der Waals surface area (Å²) in [5.74, 6) is 2.05. The highest BCUT2D eigenvalue weighted by Crippen LogP contribution is 2.37. The highest BCUT2D eigenvalue weighted by molar-refractivity contribution is 5.97. The smallest absolute Gasteiger partial charge is 0.246 e. The number of anilines is 1. The number of aryl methyl sites for hydroxylation is 1. The summed E-state index contributed by atoms with van der Waals surface area (Å²) in [5.41, 5.74) is 0.867. The van der Waals surface area contributed by atoms with Gasteiger partial charge in [0.05, 0.1) is 11.4 Å². The van der Waals surface area contributed by atoms with Crippen molar-refractivity contribution in [1.82, 2.24) is 10.3 Å². The molecule has 0 aliphatic carbocycles. The van der Waals surface area contributed by atoms with Gasteiger partial charge in [0.1, 0.15) is 6.04 Å². The molecule has 0 spiro atoms. The van der Waals surface area contributed by atoms with Crippen molar-refractivity contribution >= 4 is 17.5 Å². The summed E-state index contributed by atoms with van der Waals surface area (Å²) < 4.78 is 0. The van der Waals surface area contributed by atoms with Crippen molar-refractivity contribution in [2.24, 2.45) is 10.2 Å². The van der Waals surface area contributed by atoms with Gasteiger partial charge < -0.3 is 10.6 Å². The van der Waals surface area contributed by atoms with Crippen LogP contribution in [0.2, 0.25) is 0 Å². The molecule has 0 radical (unpaired) electrons. The van der Waals surface area contributed by atoms with Gasteiger partial charge in [-0.25, -0.2) is 0 Å². The van der Waals surface area contributed by atoms with Gasteiger partial charge in [0, 0.05) is 31.9 Å². The van der Waals surface area contributed by atoms with Gasteiger partial charge in [0.25, 0.3) is 0 Å². The van der Waals surface area contributed by atoms with Crippen LogP contribution >= 0.6 is 0 Å². The lowest BCUT2D eigenvalue weighted by Gasteiger charge is -2.15. The largest absolute Gasteiger partial charge is 0.345 e. The average Bonchev–Trinajstić information content (AvgIpc) is 3.33. The minimum absolute atomic E-state index is 0.210. The van der Waals surface area contributed by atoms with Crippen LogP contribution in [-0.2, 0) is 9.59 Å². The van der Waals surface area contributed by atoms with Crippen molar-refractivity contribution < 1.29 is 9.59 Å². The monoisotopic (exact) mass is 327 g/mol. The third kappa shape index (κ3) is 4.88. The standard InChI is InChI=1S/C17H21N5O2/c1-4-5-9-17(21-22-17)10-8-15(23)19-13(3)16(24)20-14-7-6-11-18-12(14)2/h1,6-7,11,13H,5,8-10H2,2-3H3,(H,19,23)(H,20,24)/t13-/m0/s1. The van der Waals surface area contributed by atoms with Crippen LogP contribution in [0.25, 0.3) is 0 Å². The van der Waals surface area contributed by atoms with E-state index in [9.17, 15) is 9.59 Å². The number of terminal acetylenes is 1. The zero-order valence-electron chi connectivity index (χ0n) is 13.9. The van der Waals surface area contributed by atoms with Crippen LogP contribution in [0.15, 0.2) is 28.6 Å². The van der Waals surface area contributed by atoms with Crippen LogP contribution in [-0.4, -0.2) is 28.5 Å². The molecule has 24 heavy (non-hydrogen) atoms. The summed E-state index contributed by atoms with van der Waals surface area (Å²) in [4.78, 5) is 28.2. The normalized spacial score (nSPS) is 15.2. The van der Waals surface area contributed by atoms with Crippen LogP contribution < -0.4 is 10.6 Å². The first-order chi connectivity index (χ1) is 11.5. The van der Waals surface area contributed by atoms with Crippen molar-refractivity contribution in [1.29, 1.82) is 0 Å². The number of amides is 2. The zero-order valence-corrected chi connectivity index (χ0v) is 13.9. The molecule has 0 fully saturated rings. The average molecular weight is 327 g/mol. The highest BCUT2D eigenvalue weighted by atomic mass is 16.2. The van der Waals surface area contributed by atoms with Crippen molar-refractivity contribution in [3.8, 4) is 12.3 Å². The molecular formula is C17H21N5O2. The lowest BCUT2D eigenvalue weighted by Crippen LogP contribution is -2.42. The van der Waals surface area contributed by atoms with Crippen LogP contribution in [0.1, 0.15) is 38.3 Å². The fraction of sp³-hybridized carbons (Fsp3) is 0.471. The molecule has 126 valence electrons. The molecule has 0 saturated heterocycles. The molecule has 0 bridgehead atoms. The van der Waals surface area contributed by atoms with Gasteiger partial charge in [0.15, 0.2) is 5.66 Å². The molecule has 2 amide bonds. The first kappa shape index (κ1) is 17.6. The van der Waals surface area contributed by atoms with E-state index in [0.717, 1.165) is 5.69 Å². The zero-order chi connectivity index (χ0) is 17.6. The van der Waals surface area contributed by atoms with E-state index < -0.39 is 11.7 Å². The molecule has 0 unspecified atom stereocenters. The molecule has 0 aromatic carbocycles. The van der Waals surface area contributed by atoms with Gasteiger partial charge in [0.2, 0.25) is 11.8 Å². The molecule has 0 saturated carbocycles. The van der Waals surface area contributed by atoms with Gasteiger partial charge in [-0.3, -0.25) is 14.6 Å². The van der Waals surface area contributed by atoms with Gasteiger partial charge in [-0.15, -0.1) is 12.3 Å². The predicted octanol–water partition coefficient (Wildman–Crippen LogP) is 2.19. The van der Waals surface area contributed by atoms with Gasteiger partial charge in [-0.1, -0.05) is 0 Å². The van der Waals surface area contributed by atoms with E-state index in [2.05, 4.69) is 31.8 Å². The molecule has 1 aromatic heterocycles. The second-order valence-corrected chi connectivity index (χ2v) is 5.80. The third-order valence-electron chi connectivity index (χ3n) is 3.84. The fourth-order valence-corrected chi connectivity index (χ4v) is 2.22. The van der Waals surface area contributed by atoms with Crippen molar-refractivity contribution in [3.63, 3.8) is 0 Å². The number of nitrogens with zero attached hydrogens (tertiary/aromatic N) is 3. The molecular weight excluding hydrogens is 306 g/mol. The van der Waals surface area contributed by atoms with Gasteiger partial charge in [-0.05, 0) is 26.0 Å². The number of nitrogens with one attached hydrogen (secondary N) is 2. The van der Waals surface area contributed by atoms with E-state index in [1.54, 1.807) is 32.2 Å². The summed E-state index contributed by atoms with van der Waals surface area (Å²) in [6.45, 7) is 3.44. The van der Waals surface area contributed by atoms with E-state index in [1.165, 1.54) is 0 Å². The SMILES string of the molecule is C#CCCC1(CCC(=O)N[C@@H](C)C(=O)Nc2cccnc2C)N=N1. The highest BCUT2D eigenvalue weighted by Gasteiger charge is 2.39. The Morgan fingerprint density at radius 1 is 1.38 bits per heavy atom. The number of hydrogen-bond acceptors (Lipinski definition) is 5. The van der Waals surface area contributed by atoms with Crippen molar-refractivity contribution in [3.05, 3.63) is 24.0 Å². The van der Waals surface area contributed by atoms with E-state index in [4.69, 9.17) is 6.42 Å². The minimum Gasteiger partial charge on any atom is -0.345 e. The lowest BCUT2D eigenvalue weighted by atomic mass is 10.0. The number of rotatable bonds is 8. The topological polar surface area (TPSA) is 95.8 Å². The fourth-order valence-electron chi connectivity index (χ4n) is 2.22. The second-order valence-electron chi connectivity index (χ2n) is 5.80. The Labute approximate surface area is 141 Å². The minimum atomic E-state index is -0.646. The maximum absolute atomic E-state index is 12.1. The summed E-state index contributed by atoms with van der Waals surface area (Å²) in [5, 5.41) is 13.4. The van der Waals surface area contributed by atoms with Crippen molar-refractivity contribution in [2.75, 3.05) is 5.32 Å². The third-order valence-corrected chi connectivity index (χ3v) is 3.84. The number of aromatic nitrogens is 1. The van der Waals surface area contributed by atoms with Crippen LogP contribution in [0.4, 0.5) is 5.69 Å². The summed E-state index contributed by atoms with van der Waals surface area (Å²) in [6, 6.07) is 2.86. The van der Waals surface area contributed by atoms with Crippen LogP contribution in [0, 0.1) is 19.3 Å². The number of hydrogen-bond donors (Lipinski definition) is 2. The number of pyridine rings is 1. The molecule has 2 rings (SSSR count). The van der Waals surface area contributed by atoms with E-state index in [-0.39, 0.29) is 18.2 Å². The van der Waals surface area contributed by atoms with Gasteiger partial charge in [-0.2, -0.15) is 10.2 Å². The maximum Gasteiger partial charge on any atom is 0.246 e. The quantitative estimate of drug-likeness (QED) is 0.716. The van der Waals surface area contributed by atoms with Crippen LogP contribution in [0.5, 0.6) is 0 Å². The molecule has 1 aliphatic heterocycles. The Balaban J connectivity index is 1.76. The Morgan fingerprint density at radius 2 is 2.12 bits per heavy atom. The molecule has 7 heteroatoms. The lowest BCUT2D eigenvalue weighted by molar-refractivity contribution is -0.126. The molecule has 1 atom stereocenters. The predicted molar refractivity (Wildman–Crippen MR) is 90.1 cm³/mol. The Bertz CT molecular complexity index is 686. The Kier molecular flexibility index (Phi) is 5.64. The number of carbonyl (C=O) groups is 2. The summed E-state index contributed by atoms with van der Waals surface area (Å²) >= 11 is 0. The summed E-state index contributed by atoms with van der Waals surface area (Å²) in [7, 11) is 0. The van der Waals surface area contributed by atoms with E-state index >= 15 is 0 Å². The second kappa shape index (κ2) is 7.68. The first-order valence-corrected chi connectivity index (χ1v) is 7.85. The molecule has 2 heterocycles. The number of carbonyl (C=O) groups excluding carboxylic acids is 2. The molecule has 2 N–H and O–H groups in total. The van der Waals surface area contributed by atoms with Gasteiger partial charge >= 0.3 is 0 Å². The molecule has 7 nitrogen and oxygen atoms in total. The Morgan fingerprint density at radius 3 is 2.75 bits per heavy atom. The summed E-state index contributed by atoms with van der Waals surface area (Å²) in [6.07, 6.45) is 8.89. The van der Waals surface area contributed by atoms with Crippen LogP contribution in [0.3, 0.4) is 0 Å².